The number of hydrogen-bond acceptors (Lipinski definition) is 6. The predicted octanol–water partition coefficient (Wildman–Crippen LogP) is 1.95. The van der Waals surface area contributed by atoms with Crippen molar-refractivity contribution in [1.82, 2.24) is 9.80 Å². The molecule has 0 aromatic carbocycles. The van der Waals surface area contributed by atoms with Gasteiger partial charge in [-0.1, -0.05) is 12.8 Å². The monoisotopic (exact) mass is 393 g/mol. The van der Waals surface area contributed by atoms with Crippen LogP contribution in [0.3, 0.4) is 0 Å². The van der Waals surface area contributed by atoms with Crippen LogP contribution in [-0.2, 0) is 21.2 Å². The van der Waals surface area contributed by atoms with Crippen molar-refractivity contribution < 1.29 is 17.6 Å². The molecule has 1 amide bonds. The van der Waals surface area contributed by atoms with E-state index in [-0.39, 0.29) is 36.0 Å². The molecular formula is C19H27N3O4S. The summed E-state index contributed by atoms with van der Waals surface area (Å²) in [4.78, 5) is 17.0. The molecule has 0 spiro atoms. The van der Waals surface area contributed by atoms with Crippen molar-refractivity contribution in [1.29, 1.82) is 5.26 Å². The number of nitriles is 1. The van der Waals surface area contributed by atoms with Gasteiger partial charge in [-0.05, 0) is 31.4 Å². The molecule has 3 rings (SSSR count). The van der Waals surface area contributed by atoms with Gasteiger partial charge in [-0.15, -0.1) is 0 Å². The molecule has 2 aliphatic rings. The number of sulfone groups is 1. The molecule has 8 heteroatoms. The van der Waals surface area contributed by atoms with Gasteiger partial charge in [0.25, 0.3) is 0 Å². The number of carbonyl (C=O) groups excluding carboxylic acids is 1. The van der Waals surface area contributed by atoms with Crippen LogP contribution in [0.25, 0.3) is 0 Å². The van der Waals surface area contributed by atoms with E-state index in [0.29, 0.717) is 25.9 Å². The molecule has 2 fully saturated rings. The molecule has 0 bridgehead atoms. The zero-order valence-electron chi connectivity index (χ0n) is 15.5. The molecule has 1 saturated carbocycles. The Bertz CT molecular complexity index is 763. The first-order chi connectivity index (χ1) is 13.0. The molecule has 0 radical (unpaired) electrons. The van der Waals surface area contributed by atoms with Crippen molar-refractivity contribution in [3.63, 3.8) is 0 Å². The number of furan rings is 1. The Labute approximate surface area is 160 Å². The highest BCUT2D eigenvalue weighted by atomic mass is 32.2. The largest absolute Gasteiger partial charge is 0.468 e. The molecule has 1 atom stereocenters. The summed E-state index contributed by atoms with van der Waals surface area (Å²) in [5.41, 5.74) is 0. The summed E-state index contributed by atoms with van der Waals surface area (Å²) in [6.07, 6.45) is 6.50. The molecule has 1 aliphatic carbocycles. The summed E-state index contributed by atoms with van der Waals surface area (Å²) in [7, 11) is -3.05. The topological polar surface area (TPSA) is 94.6 Å². The van der Waals surface area contributed by atoms with Gasteiger partial charge in [0.2, 0.25) is 5.91 Å². The second-order valence-corrected chi connectivity index (χ2v) is 9.72. The van der Waals surface area contributed by atoms with Crippen LogP contribution in [0.1, 0.15) is 44.3 Å². The summed E-state index contributed by atoms with van der Waals surface area (Å²) in [6, 6.07) is 5.69. The standard InChI is InChI=1S/C19H27N3O4S/c20-9-4-10-21(13-18-7-3-11-26-18)14-19(23)22(16-5-1-2-6-16)17-8-12-27(24,25)15-17/h3,7,11,16-17H,1-2,4-6,8,10,12-15H2. The first-order valence-corrected chi connectivity index (χ1v) is 11.4. The highest BCUT2D eigenvalue weighted by molar-refractivity contribution is 7.91. The third-order valence-corrected chi connectivity index (χ3v) is 7.22. The van der Waals surface area contributed by atoms with E-state index in [4.69, 9.17) is 9.68 Å². The molecule has 2 heterocycles. The lowest BCUT2D eigenvalue weighted by Gasteiger charge is -2.35. The average Bonchev–Trinajstić information content (AvgIpc) is 3.36. The lowest BCUT2D eigenvalue weighted by molar-refractivity contribution is -0.137. The van der Waals surface area contributed by atoms with E-state index >= 15 is 0 Å². The van der Waals surface area contributed by atoms with Crippen LogP contribution in [0, 0.1) is 11.3 Å². The van der Waals surface area contributed by atoms with Crippen LogP contribution in [0.15, 0.2) is 22.8 Å². The minimum absolute atomic E-state index is 0.0338. The first kappa shape index (κ1) is 19.9. The molecule has 0 N–H and O–H groups in total. The number of amides is 1. The molecule has 148 valence electrons. The number of rotatable bonds is 8. The fraction of sp³-hybridized carbons (Fsp3) is 0.684. The van der Waals surface area contributed by atoms with Gasteiger partial charge in [0.05, 0.1) is 36.9 Å². The van der Waals surface area contributed by atoms with Crippen molar-refractivity contribution in [3.8, 4) is 6.07 Å². The molecular weight excluding hydrogens is 366 g/mol. The lowest BCUT2D eigenvalue weighted by atomic mass is 10.1. The smallest absolute Gasteiger partial charge is 0.237 e. The Morgan fingerprint density at radius 3 is 2.63 bits per heavy atom. The Hall–Kier alpha value is -1.85. The summed E-state index contributed by atoms with van der Waals surface area (Å²) < 4.78 is 29.3. The van der Waals surface area contributed by atoms with E-state index in [1.54, 1.807) is 12.3 Å². The van der Waals surface area contributed by atoms with Gasteiger partial charge in [-0.25, -0.2) is 8.42 Å². The third-order valence-electron chi connectivity index (χ3n) is 5.47. The van der Waals surface area contributed by atoms with E-state index in [0.717, 1.165) is 31.4 Å². The van der Waals surface area contributed by atoms with Crippen molar-refractivity contribution in [2.75, 3.05) is 24.6 Å². The van der Waals surface area contributed by atoms with Gasteiger partial charge in [-0.2, -0.15) is 5.26 Å². The minimum atomic E-state index is -3.05. The van der Waals surface area contributed by atoms with Gasteiger partial charge in [0.15, 0.2) is 9.84 Å². The fourth-order valence-electron chi connectivity index (χ4n) is 4.20. The Balaban J connectivity index is 1.72. The van der Waals surface area contributed by atoms with Gasteiger partial charge in [0, 0.05) is 25.0 Å². The fourth-order valence-corrected chi connectivity index (χ4v) is 5.91. The van der Waals surface area contributed by atoms with Crippen LogP contribution in [0.5, 0.6) is 0 Å². The van der Waals surface area contributed by atoms with Crippen molar-refractivity contribution in [2.45, 2.75) is 57.2 Å². The zero-order valence-corrected chi connectivity index (χ0v) is 16.4. The highest BCUT2D eigenvalue weighted by Crippen LogP contribution is 2.29. The van der Waals surface area contributed by atoms with Crippen LogP contribution in [-0.4, -0.2) is 60.8 Å². The van der Waals surface area contributed by atoms with E-state index in [9.17, 15) is 13.2 Å². The molecule has 1 aromatic rings. The number of hydrogen-bond donors (Lipinski definition) is 0. The predicted molar refractivity (Wildman–Crippen MR) is 100 cm³/mol. The van der Waals surface area contributed by atoms with Gasteiger partial charge in [0.1, 0.15) is 5.76 Å². The summed E-state index contributed by atoms with van der Waals surface area (Å²) in [5, 5.41) is 8.93. The summed E-state index contributed by atoms with van der Waals surface area (Å²) in [5.74, 6) is 0.953. The van der Waals surface area contributed by atoms with Crippen LogP contribution < -0.4 is 0 Å². The first-order valence-electron chi connectivity index (χ1n) is 9.62. The normalized spacial score (nSPS) is 22.1. The maximum absolute atomic E-state index is 13.2. The number of nitrogens with zero attached hydrogens (tertiary/aromatic N) is 3. The molecule has 7 nitrogen and oxygen atoms in total. The van der Waals surface area contributed by atoms with Crippen molar-refractivity contribution >= 4 is 15.7 Å². The molecule has 27 heavy (non-hydrogen) atoms. The second-order valence-electron chi connectivity index (χ2n) is 7.49. The molecule has 1 saturated heterocycles. The molecule has 1 unspecified atom stereocenters. The van der Waals surface area contributed by atoms with Crippen molar-refractivity contribution in [3.05, 3.63) is 24.2 Å². The number of carbonyl (C=O) groups is 1. The molecule has 1 aliphatic heterocycles. The summed E-state index contributed by atoms with van der Waals surface area (Å²) >= 11 is 0. The zero-order chi connectivity index (χ0) is 19.3. The second kappa shape index (κ2) is 8.89. The maximum atomic E-state index is 13.2. The third kappa shape index (κ3) is 5.33. The van der Waals surface area contributed by atoms with Crippen LogP contribution in [0.2, 0.25) is 0 Å². The van der Waals surface area contributed by atoms with Crippen LogP contribution >= 0.6 is 0 Å². The van der Waals surface area contributed by atoms with E-state index in [1.165, 1.54) is 0 Å². The van der Waals surface area contributed by atoms with E-state index < -0.39 is 9.84 Å². The minimum Gasteiger partial charge on any atom is -0.468 e. The molecule has 1 aromatic heterocycles. The van der Waals surface area contributed by atoms with E-state index in [2.05, 4.69) is 6.07 Å². The van der Waals surface area contributed by atoms with E-state index in [1.807, 2.05) is 15.9 Å². The Morgan fingerprint density at radius 2 is 2.04 bits per heavy atom. The maximum Gasteiger partial charge on any atom is 0.237 e. The highest BCUT2D eigenvalue weighted by Gasteiger charge is 2.39. The Kier molecular flexibility index (Phi) is 6.55. The summed E-state index contributed by atoms with van der Waals surface area (Å²) in [6.45, 7) is 1.11. The Morgan fingerprint density at radius 1 is 1.26 bits per heavy atom. The SMILES string of the molecule is N#CCCN(CC(=O)N(C1CCCC1)C1CCS(=O)(=O)C1)Cc1ccco1. The van der Waals surface area contributed by atoms with Gasteiger partial charge in [-0.3, -0.25) is 9.69 Å². The lowest BCUT2D eigenvalue weighted by Crippen LogP contribution is -2.50. The average molecular weight is 394 g/mol. The van der Waals surface area contributed by atoms with Crippen molar-refractivity contribution in [2.24, 2.45) is 0 Å². The van der Waals surface area contributed by atoms with Gasteiger partial charge >= 0.3 is 0 Å². The van der Waals surface area contributed by atoms with Gasteiger partial charge < -0.3 is 9.32 Å². The van der Waals surface area contributed by atoms with Crippen LogP contribution in [0.4, 0.5) is 0 Å². The quantitative estimate of drug-likeness (QED) is 0.670.